The molecular weight excluding hydrogens is 270 g/mol. The number of nitrogens with zero attached hydrogens (tertiary/aromatic N) is 2. The lowest BCUT2D eigenvalue weighted by Crippen LogP contribution is -2.33. The van der Waals surface area contributed by atoms with Crippen molar-refractivity contribution < 1.29 is 9.72 Å². The fourth-order valence-corrected chi connectivity index (χ4v) is 1.49. The first kappa shape index (κ1) is 14.9. The van der Waals surface area contributed by atoms with Crippen LogP contribution in [0.2, 0.25) is 5.02 Å². The maximum absolute atomic E-state index is 11.8. The molecule has 100 valence electrons. The molecule has 1 aromatic rings. The van der Waals surface area contributed by atoms with Gasteiger partial charge in [-0.3, -0.25) is 14.9 Å². The molecular formula is C12H12ClN3O3. The van der Waals surface area contributed by atoms with Crippen molar-refractivity contribution in [2.24, 2.45) is 5.41 Å². The summed E-state index contributed by atoms with van der Waals surface area (Å²) < 4.78 is 0. The van der Waals surface area contributed by atoms with Crippen LogP contribution < -0.4 is 5.32 Å². The molecule has 0 heterocycles. The molecule has 0 saturated carbocycles. The molecule has 0 aromatic heterocycles. The second kappa shape index (κ2) is 5.67. The third-order valence-corrected chi connectivity index (χ3v) is 2.70. The molecule has 0 unspecified atom stereocenters. The van der Waals surface area contributed by atoms with Crippen molar-refractivity contribution in [1.29, 1.82) is 5.26 Å². The number of hydrogen-bond donors (Lipinski definition) is 1. The van der Waals surface area contributed by atoms with E-state index >= 15 is 0 Å². The van der Waals surface area contributed by atoms with Crippen LogP contribution in [-0.2, 0) is 0 Å². The smallest absolute Gasteiger partial charge is 0.287 e. The number of amides is 1. The highest BCUT2D eigenvalue weighted by Crippen LogP contribution is 2.25. The van der Waals surface area contributed by atoms with Crippen LogP contribution in [0.15, 0.2) is 18.2 Å². The van der Waals surface area contributed by atoms with E-state index in [1.54, 1.807) is 13.8 Å². The van der Waals surface area contributed by atoms with E-state index in [1.807, 2.05) is 0 Å². The standard InChI is InChI=1S/C12H12ClN3O3/c1-12(2,6-14)7-15-11(17)8-3-4-10(16(18)19)9(13)5-8/h3-5H,7H2,1-2H3,(H,15,17). The van der Waals surface area contributed by atoms with E-state index in [0.717, 1.165) is 0 Å². The van der Waals surface area contributed by atoms with Crippen LogP contribution >= 0.6 is 11.6 Å². The molecule has 6 nitrogen and oxygen atoms in total. The van der Waals surface area contributed by atoms with Crippen molar-refractivity contribution in [3.63, 3.8) is 0 Å². The van der Waals surface area contributed by atoms with Crippen LogP contribution in [-0.4, -0.2) is 17.4 Å². The molecule has 0 radical (unpaired) electrons. The minimum Gasteiger partial charge on any atom is -0.350 e. The summed E-state index contributed by atoms with van der Waals surface area (Å²) in [5, 5.41) is 21.9. The molecule has 0 bridgehead atoms. The van der Waals surface area contributed by atoms with Gasteiger partial charge in [-0.15, -0.1) is 0 Å². The first-order valence-electron chi connectivity index (χ1n) is 5.40. The summed E-state index contributed by atoms with van der Waals surface area (Å²) in [5.41, 5.74) is -0.722. The molecule has 1 N–H and O–H groups in total. The maximum Gasteiger partial charge on any atom is 0.287 e. The van der Waals surface area contributed by atoms with Crippen molar-refractivity contribution in [3.05, 3.63) is 38.9 Å². The van der Waals surface area contributed by atoms with E-state index < -0.39 is 16.2 Å². The monoisotopic (exact) mass is 281 g/mol. The van der Waals surface area contributed by atoms with E-state index in [9.17, 15) is 14.9 Å². The summed E-state index contributed by atoms with van der Waals surface area (Å²) in [7, 11) is 0. The summed E-state index contributed by atoms with van der Waals surface area (Å²) in [5.74, 6) is -0.430. The second-order valence-electron chi connectivity index (χ2n) is 4.60. The molecule has 0 aliphatic heterocycles. The van der Waals surface area contributed by atoms with Gasteiger partial charge in [-0.2, -0.15) is 5.26 Å². The first-order valence-corrected chi connectivity index (χ1v) is 5.78. The highest BCUT2D eigenvalue weighted by Gasteiger charge is 2.19. The maximum atomic E-state index is 11.8. The summed E-state index contributed by atoms with van der Waals surface area (Å²) >= 11 is 5.71. The van der Waals surface area contributed by atoms with Crippen LogP contribution in [0.5, 0.6) is 0 Å². The fourth-order valence-electron chi connectivity index (χ4n) is 1.24. The number of nitrogens with one attached hydrogen (secondary N) is 1. The van der Waals surface area contributed by atoms with Crippen LogP contribution in [0.1, 0.15) is 24.2 Å². The van der Waals surface area contributed by atoms with Crippen molar-refractivity contribution in [2.75, 3.05) is 6.54 Å². The number of halogens is 1. The van der Waals surface area contributed by atoms with Crippen LogP contribution in [0.3, 0.4) is 0 Å². The Labute approximate surface area is 115 Å². The minimum atomic E-state index is -0.680. The van der Waals surface area contributed by atoms with E-state index in [2.05, 4.69) is 11.4 Å². The number of nitro groups is 1. The zero-order valence-electron chi connectivity index (χ0n) is 10.4. The Bertz CT molecular complexity index is 564. The Morgan fingerprint density at radius 1 is 1.58 bits per heavy atom. The average molecular weight is 282 g/mol. The van der Waals surface area contributed by atoms with Crippen LogP contribution in [0.4, 0.5) is 5.69 Å². The lowest BCUT2D eigenvalue weighted by atomic mass is 9.96. The molecule has 19 heavy (non-hydrogen) atoms. The molecule has 0 aliphatic carbocycles. The number of hydrogen-bond acceptors (Lipinski definition) is 4. The van der Waals surface area contributed by atoms with E-state index in [4.69, 9.17) is 16.9 Å². The predicted molar refractivity (Wildman–Crippen MR) is 69.8 cm³/mol. The summed E-state index contributed by atoms with van der Waals surface area (Å²) in [6, 6.07) is 5.78. The second-order valence-corrected chi connectivity index (χ2v) is 5.01. The molecule has 0 spiro atoms. The van der Waals surface area contributed by atoms with Gasteiger partial charge in [0, 0.05) is 18.2 Å². The highest BCUT2D eigenvalue weighted by atomic mass is 35.5. The Kier molecular flexibility index (Phi) is 4.46. The molecule has 0 aliphatic rings. The lowest BCUT2D eigenvalue weighted by molar-refractivity contribution is -0.384. The van der Waals surface area contributed by atoms with Crippen molar-refractivity contribution >= 4 is 23.2 Å². The Balaban J connectivity index is 2.82. The van der Waals surface area contributed by atoms with Crippen molar-refractivity contribution in [3.8, 4) is 6.07 Å². The van der Waals surface area contributed by atoms with E-state index in [0.29, 0.717) is 0 Å². The summed E-state index contributed by atoms with van der Waals surface area (Å²) in [6.45, 7) is 3.56. The molecule has 1 amide bonds. The summed E-state index contributed by atoms with van der Waals surface area (Å²) in [6.07, 6.45) is 0. The van der Waals surface area contributed by atoms with Gasteiger partial charge in [0.15, 0.2) is 0 Å². The van der Waals surface area contributed by atoms with Gasteiger partial charge in [0.05, 0.1) is 16.4 Å². The number of rotatable bonds is 4. The highest BCUT2D eigenvalue weighted by molar-refractivity contribution is 6.33. The zero-order valence-corrected chi connectivity index (χ0v) is 11.2. The lowest BCUT2D eigenvalue weighted by Gasteiger charge is -2.15. The average Bonchev–Trinajstić information content (AvgIpc) is 2.35. The van der Waals surface area contributed by atoms with E-state index in [1.165, 1.54) is 18.2 Å². The number of nitriles is 1. The van der Waals surface area contributed by atoms with Crippen LogP contribution in [0, 0.1) is 26.9 Å². The predicted octanol–water partition coefficient (Wildman–Crippen LogP) is 2.53. The zero-order chi connectivity index (χ0) is 14.6. The molecule has 0 saturated heterocycles. The van der Waals surface area contributed by atoms with Crippen LogP contribution in [0.25, 0.3) is 0 Å². The SMILES string of the molecule is CC(C)(C#N)CNC(=O)c1ccc([N+](=O)[O-])c(Cl)c1. The van der Waals surface area contributed by atoms with Gasteiger partial charge in [-0.05, 0) is 26.0 Å². The molecule has 7 heteroatoms. The Hall–Kier alpha value is -2.13. The molecule has 0 fully saturated rings. The van der Waals surface area contributed by atoms with Gasteiger partial charge in [-0.1, -0.05) is 11.6 Å². The Morgan fingerprint density at radius 2 is 2.21 bits per heavy atom. The minimum absolute atomic E-state index is 0.0998. The van der Waals surface area contributed by atoms with Gasteiger partial charge in [0.25, 0.3) is 11.6 Å². The number of carbonyl (C=O) groups is 1. The molecule has 0 atom stereocenters. The largest absolute Gasteiger partial charge is 0.350 e. The third kappa shape index (κ3) is 3.93. The fraction of sp³-hybridized carbons (Fsp3) is 0.333. The first-order chi connectivity index (χ1) is 8.76. The number of nitro benzene ring substituents is 1. The quantitative estimate of drug-likeness (QED) is 0.677. The summed E-state index contributed by atoms with van der Waals surface area (Å²) in [4.78, 5) is 21.8. The van der Waals surface area contributed by atoms with Gasteiger partial charge < -0.3 is 5.32 Å². The molecule has 1 aromatic carbocycles. The van der Waals surface area contributed by atoms with E-state index in [-0.39, 0.29) is 22.8 Å². The van der Waals surface area contributed by atoms with Crippen molar-refractivity contribution in [2.45, 2.75) is 13.8 Å². The molecule has 1 rings (SSSR count). The number of carbonyl (C=O) groups excluding carboxylic acids is 1. The van der Waals surface area contributed by atoms with Gasteiger partial charge >= 0.3 is 0 Å². The topological polar surface area (TPSA) is 96.0 Å². The van der Waals surface area contributed by atoms with Gasteiger partial charge in [0.1, 0.15) is 5.02 Å². The Morgan fingerprint density at radius 3 is 2.68 bits per heavy atom. The van der Waals surface area contributed by atoms with Crippen molar-refractivity contribution in [1.82, 2.24) is 5.32 Å². The normalized spacial score (nSPS) is 10.6. The van der Waals surface area contributed by atoms with Gasteiger partial charge in [-0.25, -0.2) is 0 Å². The number of benzene rings is 1. The third-order valence-electron chi connectivity index (χ3n) is 2.40. The van der Waals surface area contributed by atoms with Gasteiger partial charge in [0.2, 0.25) is 0 Å².